The number of aromatic nitrogens is 3. The van der Waals surface area contributed by atoms with Crippen molar-refractivity contribution < 1.29 is 4.79 Å². The third-order valence-electron chi connectivity index (χ3n) is 4.27. The molecule has 1 aliphatic rings. The third kappa shape index (κ3) is 3.82. The minimum atomic E-state index is -0.0703. The molecule has 0 bridgehead atoms. The van der Waals surface area contributed by atoms with Gasteiger partial charge in [-0.05, 0) is 29.5 Å². The second-order valence-corrected chi connectivity index (χ2v) is 5.97. The SMILES string of the molecule is CCc1ccc(C2=CCN(C(=O)NCc3ncn(C)n3)CC2)cc1. The summed E-state index contributed by atoms with van der Waals surface area (Å²) in [7, 11) is 1.81. The standard InChI is InChI=1S/C18H23N5O/c1-3-14-4-6-15(7-5-14)16-8-10-23(11-9-16)18(24)19-12-17-20-13-22(2)21-17/h4-8,13H,3,9-12H2,1-2H3,(H,19,24). The van der Waals surface area contributed by atoms with Crippen molar-refractivity contribution in [1.29, 1.82) is 0 Å². The number of urea groups is 1. The van der Waals surface area contributed by atoms with Gasteiger partial charge in [0.1, 0.15) is 6.33 Å². The van der Waals surface area contributed by atoms with Crippen LogP contribution in [0.5, 0.6) is 0 Å². The van der Waals surface area contributed by atoms with E-state index in [0.29, 0.717) is 18.9 Å². The van der Waals surface area contributed by atoms with Gasteiger partial charge in [-0.15, -0.1) is 0 Å². The van der Waals surface area contributed by atoms with Gasteiger partial charge >= 0.3 is 6.03 Å². The average Bonchev–Trinajstić information content (AvgIpc) is 3.05. The second-order valence-electron chi connectivity index (χ2n) is 5.97. The molecule has 0 radical (unpaired) electrons. The maximum absolute atomic E-state index is 12.2. The first-order valence-corrected chi connectivity index (χ1v) is 8.31. The van der Waals surface area contributed by atoms with Crippen LogP contribution in [0, 0.1) is 0 Å². The Bertz CT molecular complexity index is 732. The van der Waals surface area contributed by atoms with Crippen LogP contribution in [0.15, 0.2) is 36.7 Å². The molecule has 1 aromatic heterocycles. The Hall–Kier alpha value is -2.63. The predicted octanol–water partition coefficient (Wildman–Crippen LogP) is 2.38. The van der Waals surface area contributed by atoms with Gasteiger partial charge in [0.2, 0.25) is 0 Å². The van der Waals surface area contributed by atoms with Crippen molar-refractivity contribution in [2.24, 2.45) is 7.05 Å². The number of hydrogen-bond donors (Lipinski definition) is 1. The van der Waals surface area contributed by atoms with Gasteiger partial charge in [0.15, 0.2) is 5.82 Å². The number of rotatable bonds is 4. The summed E-state index contributed by atoms with van der Waals surface area (Å²) in [5.74, 6) is 0.620. The van der Waals surface area contributed by atoms with Gasteiger partial charge in [0.25, 0.3) is 0 Å². The Labute approximate surface area is 142 Å². The zero-order valence-electron chi connectivity index (χ0n) is 14.2. The fourth-order valence-electron chi connectivity index (χ4n) is 2.80. The molecule has 2 amide bonds. The highest BCUT2D eigenvalue weighted by Gasteiger charge is 2.18. The molecule has 3 rings (SSSR count). The first-order chi connectivity index (χ1) is 11.7. The van der Waals surface area contributed by atoms with E-state index in [1.165, 1.54) is 16.7 Å². The van der Waals surface area contributed by atoms with Crippen molar-refractivity contribution >= 4 is 11.6 Å². The number of nitrogens with zero attached hydrogens (tertiary/aromatic N) is 4. The summed E-state index contributed by atoms with van der Waals surface area (Å²) < 4.78 is 1.63. The van der Waals surface area contributed by atoms with Crippen molar-refractivity contribution in [1.82, 2.24) is 25.0 Å². The summed E-state index contributed by atoms with van der Waals surface area (Å²) in [4.78, 5) is 18.1. The lowest BCUT2D eigenvalue weighted by molar-refractivity contribution is 0.202. The molecule has 0 saturated carbocycles. The first-order valence-electron chi connectivity index (χ1n) is 8.31. The quantitative estimate of drug-likeness (QED) is 0.939. The van der Waals surface area contributed by atoms with Gasteiger partial charge in [-0.3, -0.25) is 4.68 Å². The molecule has 24 heavy (non-hydrogen) atoms. The molecule has 0 spiro atoms. The first kappa shape index (κ1) is 16.2. The fourth-order valence-corrected chi connectivity index (χ4v) is 2.80. The fraction of sp³-hybridized carbons (Fsp3) is 0.389. The molecule has 2 aromatic rings. The Balaban J connectivity index is 1.54. The van der Waals surface area contributed by atoms with E-state index >= 15 is 0 Å². The minimum absolute atomic E-state index is 0.0703. The summed E-state index contributed by atoms with van der Waals surface area (Å²) >= 11 is 0. The van der Waals surface area contributed by atoms with E-state index in [2.05, 4.69) is 52.7 Å². The van der Waals surface area contributed by atoms with Crippen LogP contribution in [0.3, 0.4) is 0 Å². The molecule has 1 aromatic carbocycles. The van der Waals surface area contributed by atoms with Crippen LogP contribution in [0.25, 0.3) is 5.57 Å². The van der Waals surface area contributed by atoms with Crippen molar-refractivity contribution in [3.63, 3.8) is 0 Å². The normalized spacial score (nSPS) is 14.4. The smallest absolute Gasteiger partial charge is 0.318 e. The van der Waals surface area contributed by atoms with Crippen molar-refractivity contribution in [3.05, 3.63) is 53.6 Å². The molecule has 0 fully saturated rings. The summed E-state index contributed by atoms with van der Waals surface area (Å²) in [5, 5.41) is 7.03. The lowest BCUT2D eigenvalue weighted by Crippen LogP contribution is -2.41. The summed E-state index contributed by atoms with van der Waals surface area (Å²) in [5.41, 5.74) is 3.91. The van der Waals surface area contributed by atoms with E-state index < -0.39 is 0 Å². The number of carbonyl (C=O) groups is 1. The Morgan fingerprint density at radius 3 is 2.67 bits per heavy atom. The highest BCUT2D eigenvalue weighted by Crippen LogP contribution is 2.22. The molecule has 1 aliphatic heterocycles. The predicted molar refractivity (Wildman–Crippen MR) is 93.2 cm³/mol. The molecule has 0 unspecified atom stereocenters. The number of aryl methyl sites for hydroxylation is 2. The molecule has 2 heterocycles. The zero-order chi connectivity index (χ0) is 16.9. The van der Waals surface area contributed by atoms with Crippen LogP contribution in [0.4, 0.5) is 4.79 Å². The Kier molecular flexibility index (Phi) is 4.93. The topological polar surface area (TPSA) is 63.1 Å². The molecular formula is C18H23N5O. The van der Waals surface area contributed by atoms with Gasteiger partial charge in [-0.1, -0.05) is 37.3 Å². The number of carbonyl (C=O) groups excluding carboxylic acids is 1. The van der Waals surface area contributed by atoms with E-state index in [0.717, 1.165) is 19.4 Å². The number of nitrogens with one attached hydrogen (secondary N) is 1. The summed E-state index contributed by atoms with van der Waals surface area (Å²) in [6.07, 6.45) is 5.70. The van der Waals surface area contributed by atoms with Gasteiger partial charge in [-0.25, -0.2) is 9.78 Å². The van der Waals surface area contributed by atoms with Gasteiger partial charge in [0, 0.05) is 20.1 Å². The lowest BCUT2D eigenvalue weighted by atomic mass is 9.98. The molecular weight excluding hydrogens is 302 g/mol. The largest absolute Gasteiger partial charge is 0.331 e. The van der Waals surface area contributed by atoms with Gasteiger partial charge < -0.3 is 10.2 Å². The molecule has 126 valence electrons. The maximum atomic E-state index is 12.2. The van der Waals surface area contributed by atoms with E-state index in [1.807, 2.05) is 11.9 Å². The monoisotopic (exact) mass is 325 g/mol. The maximum Gasteiger partial charge on any atom is 0.318 e. The van der Waals surface area contributed by atoms with Crippen LogP contribution in [0.1, 0.15) is 30.3 Å². The van der Waals surface area contributed by atoms with E-state index in [4.69, 9.17) is 0 Å². The van der Waals surface area contributed by atoms with Crippen molar-refractivity contribution in [3.8, 4) is 0 Å². The van der Waals surface area contributed by atoms with E-state index in [1.54, 1.807) is 11.0 Å². The van der Waals surface area contributed by atoms with Crippen LogP contribution < -0.4 is 5.32 Å². The zero-order valence-corrected chi connectivity index (χ0v) is 14.2. The van der Waals surface area contributed by atoms with E-state index in [-0.39, 0.29) is 6.03 Å². The minimum Gasteiger partial charge on any atom is -0.331 e. The molecule has 6 nitrogen and oxygen atoms in total. The molecule has 1 N–H and O–H groups in total. The number of amides is 2. The summed E-state index contributed by atoms with van der Waals surface area (Å²) in [6, 6.07) is 8.63. The van der Waals surface area contributed by atoms with Crippen LogP contribution >= 0.6 is 0 Å². The highest BCUT2D eigenvalue weighted by molar-refractivity contribution is 5.76. The highest BCUT2D eigenvalue weighted by atomic mass is 16.2. The molecule has 0 saturated heterocycles. The van der Waals surface area contributed by atoms with Crippen molar-refractivity contribution in [2.45, 2.75) is 26.3 Å². The van der Waals surface area contributed by atoms with Gasteiger partial charge in [-0.2, -0.15) is 5.10 Å². The molecule has 6 heteroatoms. The molecule has 0 atom stereocenters. The lowest BCUT2D eigenvalue weighted by Gasteiger charge is -2.26. The van der Waals surface area contributed by atoms with Crippen LogP contribution in [0.2, 0.25) is 0 Å². The van der Waals surface area contributed by atoms with Crippen LogP contribution in [-0.4, -0.2) is 38.8 Å². The van der Waals surface area contributed by atoms with Crippen LogP contribution in [-0.2, 0) is 20.0 Å². The van der Waals surface area contributed by atoms with E-state index in [9.17, 15) is 4.79 Å². The second kappa shape index (κ2) is 7.29. The number of benzene rings is 1. The Morgan fingerprint density at radius 1 is 1.29 bits per heavy atom. The van der Waals surface area contributed by atoms with Crippen molar-refractivity contribution in [2.75, 3.05) is 13.1 Å². The Morgan fingerprint density at radius 2 is 2.08 bits per heavy atom. The van der Waals surface area contributed by atoms with Gasteiger partial charge in [0.05, 0.1) is 6.54 Å². The average molecular weight is 325 g/mol. The molecule has 0 aliphatic carbocycles. The number of hydrogen-bond acceptors (Lipinski definition) is 3. The summed E-state index contributed by atoms with van der Waals surface area (Å²) in [6.45, 7) is 3.87. The third-order valence-corrected chi connectivity index (χ3v) is 4.27.